The number of nitrogens with zero attached hydrogens (tertiary/aromatic N) is 1. The number of nitriles is 1. The van der Waals surface area contributed by atoms with Crippen LogP contribution in [0.3, 0.4) is 0 Å². The lowest BCUT2D eigenvalue weighted by molar-refractivity contribution is -0.112. The molecule has 0 aliphatic rings. The third-order valence-electron chi connectivity index (χ3n) is 4.05. The van der Waals surface area contributed by atoms with Gasteiger partial charge in [0.25, 0.3) is 5.91 Å². The molecule has 0 saturated carbocycles. The summed E-state index contributed by atoms with van der Waals surface area (Å²) in [6.45, 7) is 0.190. The first-order valence-corrected chi connectivity index (χ1v) is 9.97. The Labute approximate surface area is 186 Å². The van der Waals surface area contributed by atoms with Crippen molar-refractivity contribution in [1.29, 1.82) is 5.26 Å². The topological polar surface area (TPSA) is 62.1 Å². The van der Waals surface area contributed by atoms with Crippen LogP contribution in [0.4, 0.5) is 10.1 Å². The van der Waals surface area contributed by atoms with Crippen molar-refractivity contribution < 1.29 is 13.9 Å². The van der Waals surface area contributed by atoms with E-state index in [0.717, 1.165) is 10.0 Å². The Hall–Kier alpha value is -3.14. The molecule has 0 atom stereocenters. The van der Waals surface area contributed by atoms with Crippen molar-refractivity contribution in [3.8, 4) is 11.8 Å². The standard InChI is InChI=1S/C23H15BrClFN2O2/c24-18-3-8-21(9-4-18)28-23(29)17(13-27)11-16-12-19(25)5-10-22(16)30-14-15-1-6-20(26)7-2-15/h1-12H,14H2,(H,28,29)/b17-11+. The smallest absolute Gasteiger partial charge is 0.266 e. The number of benzene rings is 3. The van der Waals surface area contributed by atoms with Crippen LogP contribution in [0, 0.1) is 17.1 Å². The summed E-state index contributed by atoms with van der Waals surface area (Å²) in [6.07, 6.45) is 1.42. The van der Waals surface area contributed by atoms with Crippen LogP contribution in [-0.4, -0.2) is 5.91 Å². The molecule has 0 aromatic heterocycles. The van der Waals surface area contributed by atoms with Crippen molar-refractivity contribution in [2.24, 2.45) is 0 Å². The van der Waals surface area contributed by atoms with Gasteiger partial charge >= 0.3 is 0 Å². The molecule has 3 aromatic rings. The minimum absolute atomic E-state index is 0.105. The molecule has 30 heavy (non-hydrogen) atoms. The summed E-state index contributed by atoms with van der Waals surface area (Å²) in [5, 5.41) is 12.6. The molecule has 3 rings (SSSR count). The first-order valence-electron chi connectivity index (χ1n) is 8.80. The fraction of sp³-hybridized carbons (Fsp3) is 0.0435. The van der Waals surface area contributed by atoms with E-state index in [-0.39, 0.29) is 18.0 Å². The Kier molecular flexibility index (Phi) is 7.23. The largest absolute Gasteiger partial charge is 0.488 e. The highest BCUT2D eigenvalue weighted by Gasteiger charge is 2.12. The fourth-order valence-corrected chi connectivity index (χ4v) is 2.99. The van der Waals surface area contributed by atoms with Gasteiger partial charge in [0.2, 0.25) is 0 Å². The summed E-state index contributed by atoms with van der Waals surface area (Å²) >= 11 is 9.41. The van der Waals surface area contributed by atoms with Gasteiger partial charge in [0, 0.05) is 20.7 Å². The lowest BCUT2D eigenvalue weighted by atomic mass is 10.1. The molecule has 1 amide bonds. The number of amides is 1. The van der Waals surface area contributed by atoms with E-state index in [4.69, 9.17) is 16.3 Å². The molecule has 0 spiro atoms. The van der Waals surface area contributed by atoms with Crippen molar-refractivity contribution in [1.82, 2.24) is 0 Å². The number of carbonyl (C=O) groups excluding carboxylic acids is 1. The molecule has 0 aliphatic carbocycles. The van der Waals surface area contributed by atoms with Crippen LogP contribution in [0.1, 0.15) is 11.1 Å². The van der Waals surface area contributed by atoms with Gasteiger partial charge in [0.05, 0.1) is 0 Å². The summed E-state index contributed by atoms with van der Waals surface area (Å²) in [5.41, 5.74) is 1.71. The first kappa shape index (κ1) is 21.6. The van der Waals surface area contributed by atoms with Crippen molar-refractivity contribution in [3.05, 3.63) is 98.7 Å². The van der Waals surface area contributed by atoms with Gasteiger partial charge in [0.1, 0.15) is 29.8 Å². The predicted octanol–water partition coefficient (Wildman–Crippen LogP) is 6.37. The molecular weight excluding hydrogens is 471 g/mol. The zero-order valence-corrected chi connectivity index (χ0v) is 17.9. The average molecular weight is 486 g/mol. The number of ether oxygens (including phenoxy) is 1. The lowest BCUT2D eigenvalue weighted by Gasteiger charge is -2.11. The average Bonchev–Trinajstić information content (AvgIpc) is 2.74. The molecule has 0 saturated heterocycles. The maximum absolute atomic E-state index is 13.1. The normalized spacial score (nSPS) is 10.9. The van der Waals surface area contributed by atoms with Crippen LogP contribution in [0.25, 0.3) is 6.08 Å². The van der Waals surface area contributed by atoms with Crippen molar-refractivity contribution in [2.75, 3.05) is 5.32 Å². The zero-order chi connectivity index (χ0) is 21.5. The molecule has 0 unspecified atom stereocenters. The van der Waals surface area contributed by atoms with E-state index in [1.54, 1.807) is 54.6 Å². The second-order valence-corrected chi connectivity index (χ2v) is 7.58. The van der Waals surface area contributed by atoms with Crippen LogP contribution in [-0.2, 0) is 11.4 Å². The lowest BCUT2D eigenvalue weighted by Crippen LogP contribution is -2.13. The molecule has 7 heteroatoms. The van der Waals surface area contributed by atoms with Crippen LogP contribution in [0.5, 0.6) is 5.75 Å². The Bertz CT molecular complexity index is 1120. The number of nitrogens with one attached hydrogen (secondary N) is 1. The van der Waals surface area contributed by atoms with E-state index in [9.17, 15) is 14.4 Å². The maximum atomic E-state index is 13.1. The Balaban J connectivity index is 1.81. The predicted molar refractivity (Wildman–Crippen MR) is 119 cm³/mol. The molecule has 4 nitrogen and oxygen atoms in total. The second kappa shape index (κ2) is 10.1. The Morgan fingerprint density at radius 1 is 1.13 bits per heavy atom. The minimum atomic E-state index is -0.552. The van der Waals surface area contributed by atoms with E-state index < -0.39 is 5.91 Å². The quantitative estimate of drug-likeness (QED) is 0.326. The fourth-order valence-electron chi connectivity index (χ4n) is 2.54. The number of rotatable bonds is 6. The highest BCUT2D eigenvalue weighted by atomic mass is 79.9. The monoisotopic (exact) mass is 484 g/mol. The molecule has 0 radical (unpaired) electrons. The third-order valence-corrected chi connectivity index (χ3v) is 4.81. The third kappa shape index (κ3) is 5.93. The van der Waals surface area contributed by atoms with Crippen molar-refractivity contribution in [3.63, 3.8) is 0 Å². The van der Waals surface area contributed by atoms with Crippen LogP contribution >= 0.6 is 27.5 Å². The van der Waals surface area contributed by atoms with Crippen molar-refractivity contribution >= 4 is 45.2 Å². The molecule has 0 fully saturated rings. The second-order valence-electron chi connectivity index (χ2n) is 6.23. The highest BCUT2D eigenvalue weighted by molar-refractivity contribution is 9.10. The zero-order valence-electron chi connectivity index (χ0n) is 15.5. The van der Waals surface area contributed by atoms with Crippen LogP contribution in [0.15, 0.2) is 76.8 Å². The summed E-state index contributed by atoms with van der Waals surface area (Å²) < 4.78 is 19.7. The SMILES string of the molecule is N#C/C(=C\c1cc(Cl)ccc1OCc1ccc(F)cc1)C(=O)Nc1ccc(Br)cc1. The van der Waals surface area contributed by atoms with E-state index in [1.807, 2.05) is 6.07 Å². The number of anilines is 1. The molecule has 150 valence electrons. The van der Waals surface area contributed by atoms with Crippen LogP contribution < -0.4 is 10.1 Å². The Morgan fingerprint density at radius 2 is 1.83 bits per heavy atom. The molecular formula is C23H15BrClFN2O2. The van der Waals surface area contributed by atoms with Gasteiger partial charge in [0.15, 0.2) is 0 Å². The number of carbonyl (C=O) groups is 1. The molecule has 0 aliphatic heterocycles. The summed E-state index contributed by atoms with van der Waals surface area (Å²) in [7, 11) is 0. The Morgan fingerprint density at radius 3 is 2.50 bits per heavy atom. The van der Waals surface area contributed by atoms with Gasteiger partial charge < -0.3 is 10.1 Å². The summed E-state index contributed by atoms with van der Waals surface area (Å²) in [6, 6.07) is 19.7. The van der Waals surface area contributed by atoms with E-state index in [1.165, 1.54) is 18.2 Å². The van der Waals surface area contributed by atoms with Crippen molar-refractivity contribution in [2.45, 2.75) is 6.61 Å². The molecule has 0 heterocycles. The maximum Gasteiger partial charge on any atom is 0.266 e. The number of hydrogen-bond donors (Lipinski definition) is 1. The number of halogens is 3. The van der Waals surface area contributed by atoms with Gasteiger partial charge in [-0.25, -0.2) is 4.39 Å². The van der Waals surface area contributed by atoms with E-state index in [0.29, 0.717) is 22.0 Å². The van der Waals surface area contributed by atoms with Gasteiger partial charge in [-0.05, 0) is 66.2 Å². The summed E-state index contributed by atoms with van der Waals surface area (Å²) in [5.74, 6) is -0.443. The number of hydrogen-bond acceptors (Lipinski definition) is 3. The minimum Gasteiger partial charge on any atom is -0.488 e. The summed E-state index contributed by atoms with van der Waals surface area (Å²) in [4.78, 5) is 12.5. The molecule has 3 aromatic carbocycles. The highest BCUT2D eigenvalue weighted by Crippen LogP contribution is 2.26. The van der Waals surface area contributed by atoms with Gasteiger partial charge in [-0.15, -0.1) is 0 Å². The van der Waals surface area contributed by atoms with Gasteiger partial charge in [-0.2, -0.15) is 5.26 Å². The molecule has 1 N–H and O–H groups in total. The van der Waals surface area contributed by atoms with Gasteiger partial charge in [-0.1, -0.05) is 39.7 Å². The van der Waals surface area contributed by atoms with Gasteiger partial charge in [-0.3, -0.25) is 4.79 Å². The molecule has 0 bridgehead atoms. The van der Waals surface area contributed by atoms with E-state index >= 15 is 0 Å². The van der Waals surface area contributed by atoms with Crippen LogP contribution in [0.2, 0.25) is 5.02 Å². The first-order chi connectivity index (χ1) is 14.4. The van der Waals surface area contributed by atoms with E-state index in [2.05, 4.69) is 21.2 Å².